The van der Waals surface area contributed by atoms with Gasteiger partial charge in [0, 0.05) is 37.9 Å². The molecule has 2 aromatic heterocycles. The first-order valence-corrected chi connectivity index (χ1v) is 12.1. The number of likely N-dealkylation sites (N-methyl/N-ethyl adjacent to an activating group) is 1. The Morgan fingerprint density at radius 3 is 2.53 bits per heavy atom. The molecule has 0 spiro atoms. The largest absolute Gasteiger partial charge is 0.497 e. The van der Waals surface area contributed by atoms with Gasteiger partial charge in [0.15, 0.2) is 0 Å². The van der Waals surface area contributed by atoms with Crippen molar-refractivity contribution in [2.24, 2.45) is 0 Å². The second kappa shape index (κ2) is 10.6. The Kier molecular flexibility index (Phi) is 6.95. The fourth-order valence-electron chi connectivity index (χ4n) is 4.32. The Morgan fingerprint density at radius 2 is 1.81 bits per heavy atom. The molecular weight excluding hydrogens is 452 g/mol. The third-order valence-electron chi connectivity index (χ3n) is 6.39. The van der Waals surface area contributed by atoms with Gasteiger partial charge < -0.3 is 19.9 Å². The predicted molar refractivity (Wildman–Crippen MR) is 142 cm³/mol. The molecule has 1 amide bonds. The molecule has 0 saturated carbocycles. The topological polar surface area (TPSA) is 75.5 Å². The van der Waals surface area contributed by atoms with E-state index in [0.29, 0.717) is 29.4 Å². The highest BCUT2D eigenvalue weighted by Crippen LogP contribution is 2.27. The van der Waals surface area contributed by atoms with Crippen molar-refractivity contribution in [1.82, 2.24) is 19.7 Å². The summed E-state index contributed by atoms with van der Waals surface area (Å²) in [4.78, 5) is 22.5. The molecule has 1 N–H and O–H groups in total. The minimum atomic E-state index is -0.257. The van der Waals surface area contributed by atoms with Gasteiger partial charge in [-0.15, -0.1) is 0 Å². The van der Waals surface area contributed by atoms with Gasteiger partial charge in [-0.25, -0.2) is 4.98 Å². The lowest BCUT2D eigenvalue weighted by Crippen LogP contribution is -2.44. The number of methoxy groups -OCH3 is 1. The fraction of sp³-hybridized carbons (Fsp3) is 0.250. The van der Waals surface area contributed by atoms with Gasteiger partial charge in [0.25, 0.3) is 5.91 Å². The molecule has 8 heteroatoms. The van der Waals surface area contributed by atoms with Crippen molar-refractivity contribution in [2.45, 2.75) is 6.54 Å². The van der Waals surface area contributed by atoms with Crippen LogP contribution < -0.4 is 15.0 Å². The molecular formula is C28H30N6O2. The Hall–Kier alpha value is -4.17. The minimum absolute atomic E-state index is 0.257. The maximum atomic E-state index is 13.4. The van der Waals surface area contributed by atoms with E-state index in [1.54, 1.807) is 18.0 Å². The van der Waals surface area contributed by atoms with Gasteiger partial charge in [0.2, 0.25) is 0 Å². The number of benzene rings is 2. The molecule has 1 saturated heterocycles. The summed E-state index contributed by atoms with van der Waals surface area (Å²) >= 11 is 0. The number of hydrogen-bond acceptors (Lipinski definition) is 6. The summed E-state index contributed by atoms with van der Waals surface area (Å²) < 4.78 is 7.18. The summed E-state index contributed by atoms with van der Waals surface area (Å²) in [7, 11) is 3.76. The Bertz CT molecular complexity index is 1310. The molecule has 1 aliphatic rings. The number of carbonyl (C=O) groups is 1. The molecule has 4 aromatic rings. The average molecular weight is 483 g/mol. The summed E-state index contributed by atoms with van der Waals surface area (Å²) in [6.07, 6.45) is 3.61. The lowest BCUT2D eigenvalue weighted by atomic mass is 10.1. The molecule has 2 aromatic carbocycles. The van der Waals surface area contributed by atoms with Crippen LogP contribution in [0.3, 0.4) is 0 Å². The number of rotatable bonds is 7. The zero-order valence-electron chi connectivity index (χ0n) is 20.6. The number of nitrogens with one attached hydrogen (secondary N) is 1. The van der Waals surface area contributed by atoms with E-state index >= 15 is 0 Å². The maximum absolute atomic E-state index is 13.4. The molecule has 3 heterocycles. The van der Waals surface area contributed by atoms with Gasteiger partial charge in [-0.2, -0.15) is 5.10 Å². The number of nitrogens with zero attached hydrogens (tertiary/aromatic N) is 5. The van der Waals surface area contributed by atoms with Crippen LogP contribution in [0.4, 0.5) is 11.5 Å². The van der Waals surface area contributed by atoms with Crippen LogP contribution in [-0.4, -0.2) is 65.9 Å². The van der Waals surface area contributed by atoms with Crippen LogP contribution in [-0.2, 0) is 6.54 Å². The maximum Gasteiger partial charge on any atom is 0.260 e. The molecule has 36 heavy (non-hydrogen) atoms. The van der Waals surface area contributed by atoms with Crippen LogP contribution in [0.25, 0.3) is 11.3 Å². The number of piperazine rings is 1. The van der Waals surface area contributed by atoms with Gasteiger partial charge >= 0.3 is 0 Å². The summed E-state index contributed by atoms with van der Waals surface area (Å²) in [6.45, 7) is 4.54. The highest BCUT2D eigenvalue weighted by atomic mass is 16.5. The first kappa shape index (κ1) is 23.6. The molecule has 0 bridgehead atoms. The molecule has 1 aliphatic heterocycles. The minimum Gasteiger partial charge on any atom is -0.497 e. The molecule has 0 radical (unpaired) electrons. The summed E-state index contributed by atoms with van der Waals surface area (Å²) in [5, 5.41) is 7.71. The summed E-state index contributed by atoms with van der Waals surface area (Å²) in [5.41, 5.74) is 4.05. The zero-order valence-corrected chi connectivity index (χ0v) is 20.6. The van der Waals surface area contributed by atoms with Crippen molar-refractivity contribution in [1.29, 1.82) is 0 Å². The molecule has 0 unspecified atom stereocenters. The second-order valence-corrected chi connectivity index (χ2v) is 8.95. The van der Waals surface area contributed by atoms with E-state index in [4.69, 9.17) is 9.84 Å². The van der Waals surface area contributed by atoms with E-state index in [1.165, 1.54) is 0 Å². The van der Waals surface area contributed by atoms with Crippen molar-refractivity contribution in [3.05, 3.63) is 90.3 Å². The van der Waals surface area contributed by atoms with E-state index in [2.05, 4.69) is 27.1 Å². The van der Waals surface area contributed by atoms with Crippen molar-refractivity contribution in [3.8, 4) is 17.0 Å². The number of pyridine rings is 1. The van der Waals surface area contributed by atoms with E-state index in [-0.39, 0.29) is 5.91 Å². The van der Waals surface area contributed by atoms with E-state index in [9.17, 15) is 4.79 Å². The molecule has 1 fully saturated rings. The third kappa shape index (κ3) is 5.39. The first-order chi connectivity index (χ1) is 17.6. The van der Waals surface area contributed by atoms with Crippen LogP contribution in [0.15, 0.2) is 79.1 Å². The zero-order chi connectivity index (χ0) is 24.9. The quantitative estimate of drug-likeness (QED) is 0.429. The number of carbonyl (C=O) groups excluding carboxylic acids is 1. The number of hydrogen-bond donors (Lipinski definition) is 1. The van der Waals surface area contributed by atoms with Gasteiger partial charge in [-0.3, -0.25) is 9.48 Å². The molecule has 5 rings (SSSR count). The smallest absolute Gasteiger partial charge is 0.260 e. The lowest BCUT2D eigenvalue weighted by molar-refractivity contribution is 0.102. The summed E-state index contributed by atoms with van der Waals surface area (Å²) in [5.74, 6) is 0.954. The van der Waals surface area contributed by atoms with Gasteiger partial charge in [-0.05, 0) is 36.9 Å². The Morgan fingerprint density at radius 1 is 1.00 bits per heavy atom. The van der Waals surface area contributed by atoms with Crippen LogP contribution in [0, 0.1) is 0 Å². The number of aromatic nitrogens is 3. The molecule has 0 atom stereocenters. The van der Waals surface area contributed by atoms with Crippen molar-refractivity contribution >= 4 is 17.4 Å². The van der Waals surface area contributed by atoms with Crippen molar-refractivity contribution in [2.75, 3.05) is 50.6 Å². The van der Waals surface area contributed by atoms with Gasteiger partial charge in [0.05, 0.1) is 31.1 Å². The lowest BCUT2D eigenvalue weighted by Gasteiger charge is -2.33. The number of anilines is 2. The predicted octanol–water partition coefficient (Wildman–Crippen LogP) is 4.01. The van der Waals surface area contributed by atoms with Gasteiger partial charge in [-0.1, -0.05) is 42.5 Å². The van der Waals surface area contributed by atoms with Crippen LogP contribution in [0.1, 0.15) is 15.9 Å². The SMILES string of the molecule is COc1cccc(-c2nn(Cc3ccccc3)cc2C(=O)Nc2ccc(N3CCN(C)CC3)cn2)c1. The fourth-order valence-corrected chi connectivity index (χ4v) is 4.32. The monoisotopic (exact) mass is 482 g/mol. The third-order valence-corrected chi connectivity index (χ3v) is 6.39. The van der Waals surface area contributed by atoms with E-state index in [1.807, 2.05) is 72.9 Å². The first-order valence-electron chi connectivity index (χ1n) is 12.1. The molecule has 0 aliphatic carbocycles. The van der Waals surface area contributed by atoms with Gasteiger partial charge in [0.1, 0.15) is 17.3 Å². The standard InChI is InChI=1S/C28H30N6O2/c1-32-13-15-33(16-14-32)23-11-12-26(29-18-23)30-28(35)25-20-34(19-21-7-4-3-5-8-21)31-27(25)22-9-6-10-24(17-22)36-2/h3-12,17-18,20H,13-16,19H2,1-2H3,(H,29,30,35). The number of ether oxygens (including phenoxy) is 1. The highest BCUT2D eigenvalue weighted by molar-refractivity contribution is 6.07. The van der Waals surface area contributed by atoms with E-state index < -0.39 is 0 Å². The molecule has 8 nitrogen and oxygen atoms in total. The second-order valence-electron chi connectivity index (χ2n) is 8.95. The normalized spacial score (nSPS) is 14.0. The van der Waals surface area contributed by atoms with Crippen molar-refractivity contribution in [3.63, 3.8) is 0 Å². The number of amides is 1. The average Bonchev–Trinajstić information content (AvgIpc) is 3.34. The van der Waals surface area contributed by atoms with Crippen molar-refractivity contribution < 1.29 is 9.53 Å². The van der Waals surface area contributed by atoms with Crippen LogP contribution >= 0.6 is 0 Å². The molecule has 184 valence electrons. The van der Waals surface area contributed by atoms with Crippen LogP contribution in [0.5, 0.6) is 5.75 Å². The van der Waals surface area contributed by atoms with Crippen LogP contribution in [0.2, 0.25) is 0 Å². The Labute approximate surface area is 211 Å². The van der Waals surface area contributed by atoms with E-state index in [0.717, 1.165) is 43.0 Å². The Balaban J connectivity index is 1.39. The summed E-state index contributed by atoms with van der Waals surface area (Å²) in [6, 6.07) is 21.5. The highest BCUT2D eigenvalue weighted by Gasteiger charge is 2.20.